The summed E-state index contributed by atoms with van der Waals surface area (Å²) in [6.07, 6.45) is 2.50. The molecule has 3 unspecified atom stereocenters. The minimum atomic E-state index is 0.727. The van der Waals surface area contributed by atoms with Gasteiger partial charge >= 0.3 is 0 Å². The summed E-state index contributed by atoms with van der Waals surface area (Å²) in [7, 11) is 0. The van der Waals surface area contributed by atoms with Crippen LogP contribution in [0.3, 0.4) is 0 Å². The molecule has 0 bridgehead atoms. The zero-order valence-corrected chi connectivity index (χ0v) is 8.43. The Labute approximate surface area is 71.4 Å². The molecule has 0 radical (unpaired) electrons. The molecule has 1 nitrogen and oxygen atoms in total. The highest BCUT2D eigenvalue weighted by atomic mass is 14.6. The van der Waals surface area contributed by atoms with Crippen LogP contribution in [0, 0.1) is 17.8 Å². The molecule has 0 spiro atoms. The summed E-state index contributed by atoms with van der Waals surface area (Å²) in [5.41, 5.74) is 5.68. The summed E-state index contributed by atoms with van der Waals surface area (Å²) in [6, 6.07) is 0. The quantitative estimate of drug-likeness (QED) is 0.652. The van der Waals surface area contributed by atoms with Crippen LogP contribution in [0.15, 0.2) is 0 Å². The average Bonchev–Trinajstić information content (AvgIpc) is 2.05. The first-order valence-electron chi connectivity index (χ1n) is 4.87. The van der Waals surface area contributed by atoms with Crippen LogP contribution in [0.4, 0.5) is 0 Å². The highest BCUT2D eigenvalue weighted by molar-refractivity contribution is 4.69. The van der Waals surface area contributed by atoms with Crippen LogP contribution >= 0.6 is 0 Å². The SMILES string of the molecule is CCC(C)C(C)C(CC)CN. The minimum Gasteiger partial charge on any atom is -0.330 e. The first-order valence-corrected chi connectivity index (χ1v) is 4.87. The Morgan fingerprint density at radius 1 is 1.09 bits per heavy atom. The normalized spacial score (nSPS) is 19.4. The second-order valence-electron chi connectivity index (χ2n) is 3.65. The van der Waals surface area contributed by atoms with E-state index < -0.39 is 0 Å². The first kappa shape index (κ1) is 11.0. The average molecular weight is 157 g/mol. The van der Waals surface area contributed by atoms with Crippen molar-refractivity contribution in [2.75, 3.05) is 6.54 Å². The summed E-state index contributed by atoms with van der Waals surface area (Å²) in [5.74, 6) is 2.34. The Kier molecular flexibility index (Phi) is 5.57. The van der Waals surface area contributed by atoms with E-state index in [-0.39, 0.29) is 0 Å². The topological polar surface area (TPSA) is 26.0 Å². The maximum absolute atomic E-state index is 5.68. The van der Waals surface area contributed by atoms with Gasteiger partial charge in [-0.3, -0.25) is 0 Å². The fourth-order valence-corrected chi connectivity index (χ4v) is 1.59. The molecular formula is C10H23N. The van der Waals surface area contributed by atoms with Crippen LogP contribution in [-0.2, 0) is 0 Å². The largest absolute Gasteiger partial charge is 0.330 e. The van der Waals surface area contributed by atoms with Gasteiger partial charge in [0, 0.05) is 0 Å². The van der Waals surface area contributed by atoms with Crippen LogP contribution < -0.4 is 5.73 Å². The van der Waals surface area contributed by atoms with Gasteiger partial charge in [0.1, 0.15) is 0 Å². The number of hydrogen-bond donors (Lipinski definition) is 1. The molecule has 0 saturated carbocycles. The zero-order valence-electron chi connectivity index (χ0n) is 8.43. The van der Waals surface area contributed by atoms with E-state index in [2.05, 4.69) is 27.7 Å². The maximum Gasteiger partial charge on any atom is -0.00463 e. The molecule has 1 heteroatoms. The maximum atomic E-state index is 5.68. The van der Waals surface area contributed by atoms with E-state index in [1.54, 1.807) is 0 Å². The Balaban J connectivity index is 3.86. The van der Waals surface area contributed by atoms with Crippen molar-refractivity contribution < 1.29 is 0 Å². The van der Waals surface area contributed by atoms with E-state index in [9.17, 15) is 0 Å². The fourth-order valence-electron chi connectivity index (χ4n) is 1.59. The third-order valence-corrected chi connectivity index (χ3v) is 3.11. The van der Waals surface area contributed by atoms with Crippen molar-refractivity contribution in [3.05, 3.63) is 0 Å². The fraction of sp³-hybridized carbons (Fsp3) is 1.00. The van der Waals surface area contributed by atoms with Gasteiger partial charge in [-0.2, -0.15) is 0 Å². The lowest BCUT2D eigenvalue weighted by Crippen LogP contribution is -2.25. The molecule has 68 valence electrons. The van der Waals surface area contributed by atoms with Gasteiger partial charge in [0.2, 0.25) is 0 Å². The predicted molar refractivity (Wildman–Crippen MR) is 51.5 cm³/mol. The van der Waals surface area contributed by atoms with Gasteiger partial charge in [-0.1, -0.05) is 40.5 Å². The van der Waals surface area contributed by atoms with E-state index >= 15 is 0 Å². The van der Waals surface area contributed by atoms with E-state index in [4.69, 9.17) is 5.73 Å². The molecule has 0 aromatic carbocycles. The van der Waals surface area contributed by atoms with E-state index in [1.165, 1.54) is 12.8 Å². The summed E-state index contributed by atoms with van der Waals surface area (Å²) >= 11 is 0. The first-order chi connectivity index (χ1) is 5.17. The molecule has 0 aliphatic rings. The molecular weight excluding hydrogens is 134 g/mol. The monoisotopic (exact) mass is 157 g/mol. The minimum absolute atomic E-state index is 0.727. The third kappa shape index (κ3) is 3.24. The molecule has 0 rings (SSSR count). The van der Waals surface area contributed by atoms with E-state index in [0.717, 1.165) is 24.3 Å². The summed E-state index contributed by atoms with van der Waals surface area (Å²) < 4.78 is 0. The van der Waals surface area contributed by atoms with Gasteiger partial charge in [-0.05, 0) is 24.3 Å². The Hall–Kier alpha value is -0.0400. The molecule has 0 heterocycles. The third-order valence-electron chi connectivity index (χ3n) is 3.11. The summed E-state index contributed by atoms with van der Waals surface area (Å²) in [5, 5.41) is 0. The molecule has 2 N–H and O–H groups in total. The lowest BCUT2D eigenvalue weighted by Gasteiger charge is -2.26. The van der Waals surface area contributed by atoms with Crippen molar-refractivity contribution in [1.29, 1.82) is 0 Å². The van der Waals surface area contributed by atoms with Gasteiger partial charge in [0.25, 0.3) is 0 Å². The lowest BCUT2D eigenvalue weighted by molar-refractivity contribution is 0.255. The van der Waals surface area contributed by atoms with Crippen molar-refractivity contribution in [1.82, 2.24) is 0 Å². The van der Waals surface area contributed by atoms with E-state index in [1.807, 2.05) is 0 Å². The van der Waals surface area contributed by atoms with Crippen molar-refractivity contribution in [3.8, 4) is 0 Å². The number of nitrogens with two attached hydrogens (primary N) is 1. The van der Waals surface area contributed by atoms with Crippen molar-refractivity contribution in [2.45, 2.75) is 40.5 Å². The van der Waals surface area contributed by atoms with Gasteiger partial charge < -0.3 is 5.73 Å². The van der Waals surface area contributed by atoms with Gasteiger partial charge in [0.15, 0.2) is 0 Å². The van der Waals surface area contributed by atoms with Crippen molar-refractivity contribution >= 4 is 0 Å². The molecule has 3 atom stereocenters. The molecule has 11 heavy (non-hydrogen) atoms. The van der Waals surface area contributed by atoms with Gasteiger partial charge in [0.05, 0.1) is 0 Å². The lowest BCUT2D eigenvalue weighted by atomic mass is 9.81. The van der Waals surface area contributed by atoms with Crippen molar-refractivity contribution in [3.63, 3.8) is 0 Å². The summed E-state index contributed by atoms with van der Waals surface area (Å²) in [6.45, 7) is 9.99. The second-order valence-corrected chi connectivity index (χ2v) is 3.65. The zero-order chi connectivity index (χ0) is 8.85. The van der Waals surface area contributed by atoms with Crippen LogP contribution in [0.5, 0.6) is 0 Å². The molecule has 0 aromatic rings. The van der Waals surface area contributed by atoms with E-state index in [0.29, 0.717) is 0 Å². The second kappa shape index (κ2) is 5.59. The molecule has 0 aliphatic carbocycles. The van der Waals surface area contributed by atoms with Crippen LogP contribution in [0.25, 0.3) is 0 Å². The molecule has 0 amide bonds. The number of hydrogen-bond acceptors (Lipinski definition) is 1. The standard InChI is InChI=1S/C10H23N/c1-5-8(3)9(4)10(6-2)7-11/h8-10H,5-7,11H2,1-4H3. The molecule has 0 fully saturated rings. The van der Waals surface area contributed by atoms with Gasteiger partial charge in [-0.25, -0.2) is 0 Å². The highest BCUT2D eigenvalue weighted by Gasteiger charge is 2.18. The molecule has 0 aromatic heterocycles. The Morgan fingerprint density at radius 3 is 1.91 bits per heavy atom. The van der Waals surface area contributed by atoms with Crippen LogP contribution in [0.2, 0.25) is 0 Å². The van der Waals surface area contributed by atoms with Crippen LogP contribution in [0.1, 0.15) is 40.5 Å². The highest BCUT2D eigenvalue weighted by Crippen LogP contribution is 2.24. The number of rotatable bonds is 5. The summed E-state index contributed by atoms with van der Waals surface area (Å²) in [4.78, 5) is 0. The van der Waals surface area contributed by atoms with Crippen LogP contribution in [-0.4, -0.2) is 6.54 Å². The van der Waals surface area contributed by atoms with Crippen molar-refractivity contribution in [2.24, 2.45) is 23.5 Å². The molecule has 0 aliphatic heterocycles. The predicted octanol–water partition coefficient (Wildman–Crippen LogP) is 2.65. The Morgan fingerprint density at radius 2 is 1.64 bits per heavy atom. The Bertz CT molecular complexity index is 86.9. The van der Waals surface area contributed by atoms with Gasteiger partial charge in [-0.15, -0.1) is 0 Å². The smallest absolute Gasteiger partial charge is 0.00463 e. The molecule has 0 saturated heterocycles.